The van der Waals surface area contributed by atoms with Gasteiger partial charge in [0, 0.05) is 44.1 Å². The summed E-state index contributed by atoms with van der Waals surface area (Å²) in [4.78, 5) is 47.0. The van der Waals surface area contributed by atoms with Crippen molar-refractivity contribution in [2.45, 2.75) is 96.7 Å². The molecule has 3 amide bonds. The van der Waals surface area contributed by atoms with Gasteiger partial charge < -0.3 is 30.7 Å². The molecule has 3 atom stereocenters. The zero-order chi connectivity index (χ0) is 33.1. The van der Waals surface area contributed by atoms with Gasteiger partial charge in [-0.25, -0.2) is 0 Å². The van der Waals surface area contributed by atoms with E-state index in [-0.39, 0.29) is 30.3 Å². The van der Waals surface area contributed by atoms with Crippen molar-refractivity contribution >= 4 is 29.1 Å². The summed E-state index contributed by atoms with van der Waals surface area (Å²) in [7, 11) is 1.71. The van der Waals surface area contributed by atoms with Crippen LogP contribution in [-0.2, 0) is 33.6 Å². The number of rotatable bonds is 8. The Morgan fingerprint density at radius 2 is 1.47 bits per heavy atom. The van der Waals surface area contributed by atoms with Crippen molar-refractivity contribution in [1.82, 2.24) is 20.9 Å². The van der Waals surface area contributed by atoms with Crippen LogP contribution in [0.4, 0.5) is 11.4 Å². The van der Waals surface area contributed by atoms with Crippen LogP contribution >= 0.6 is 0 Å². The quantitative estimate of drug-likeness (QED) is 0.401. The fraction of sp³-hybridized carbons (Fsp3) is 0.605. The lowest BCUT2D eigenvalue weighted by Gasteiger charge is -2.40. The van der Waals surface area contributed by atoms with Crippen molar-refractivity contribution in [3.05, 3.63) is 58.7 Å². The van der Waals surface area contributed by atoms with E-state index in [1.54, 1.807) is 17.5 Å². The molecule has 0 aromatic heterocycles. The highest BCUT2D eigenvalue weighted by molar-refractivity contribution is 5.93. The molecule has 2 fully saturated rings. The van der Waals surface area contributed by atoms with Gasteiger partial charge in [0.2, 0.25) is 17.7 Å². The van der Waals surface area contributed by atoms with Crippen molar-refractivity contribution in [2.24, 2.45) is 5.41 Å². The third-order valence-electron chi connectivity index (χ3n) is 10.7. The van der Waals surface area contributed by atoms with Crippen LogP contribution in [0.3, 0.4) is 0 Å². The molecule has 3 unspecified atom stereocenters. The second-order valence-corrected chi connectivity index (χ2v) is 15.0. The molecule has 0 bridgehead atoms. The van der Waals surface area contributed by atoms with Gasteiger partial charge in [0.05, 0.1) is 12.6 Å². The topological polar surface area (TPSA) is 97.0 Å². The van der Waals surface area contributed by atoms with Crippen LogP contribution in [0.25, 0.3) is 0 Å². The van der Waals surface area contributed by atoms with Gasteiger partial charge in [-0.15, -0.1) is 0 Å². The number of likely N-dealkylation sites (N-methyl/N-ethyl adjacent to an activating group) is 1. The van der Waals surface area contributed by atoms with Gasteiger partial charge in [-0.05, 0) is 105 Å². The summed E-state index contributed by atoms with van der Waals surface area (Å²) in [5.41, 5.74) is 7.93. The maximum Gasteiger partial charge on any atom is 0.246 e. The standard InChI is InChI=1S/C38H54N6O3/c1-38(2,3)35(41-34(45)25-39-4)37(47)44-20-10-19-33(44)36(46)40-30-16-8-15-29-28(30)14-9-18-32(29)43-23-21-42(22-24-43)31-17-7-12-26-11-5-6-13-27(26)31/h7,9,12,14,17-18,30,33,35,39H,5-6,8,10-11,13,15-16,19-25H2,1-4H3,(H,40,46)(H,41,45). The van der Waals surface area contributed by atoms with Crippen LogP contribution in [0.1, 0.15) is 87.6 Å². The Kier molecular flexibility index (Phi) is 10.1. The van der Waals surface area contributed by atoms with Crippen LogP contribution in [0.15, 0.2) is 36.4 Å². The van der Waals surface area contributed by atoms with E-state index in [1.807, 2.05) is 20.8 Å². The molecule has 4 aliphatic rings. The first-order valence-electron chi connectivity index (χ1n) is 17.9. The van der Waals surface area contributed by atoms with Crippen molar-refractivity contribution in [3.8, 4) is 0 Å². The molecule has 2 aromatic carbocycles. The van der Waals surface area contributed by atoms with Crippen molar-refractivity contribution in [2.75, 3.05) is 56.1 Å². The number of nitrogens with zero attached hydrogens (tertiary/aromatic N) is 3. The van der Waals surface area contributed by atoms with Gasteiger partial charge in [0.25, 0.3) is 0 Å². The van der Waals surface area contributed by atoms with Crippen molar-refractivity contribution in [3.63, 3.8) is 0 Å². The van der Waals surface area contributed by atoms with Crippen LogP contribution in [0.5, 0.6) is 0 Å². The molecule has 0 saturated carbocycles. The summed E-state index contributed by atoms with van der Waals surface area (Å²) >= 11 is 0. The second-order valence-electron chi connectivity index (χ2n) is 15.0. The first-order chi connectivity index (χ1) is 22.7. The first kappa shape index (κ1) is 33.3. The number of hydrogen-bond acceptors (Lipinski definition) is 6. The number of fused-ring (bicyclic) bond motifs is 2. The van der Waals surface area contributed by atoms with E-state index in [0.717, 1.165) is 51.9 Å². The minimum absolute atomic E-state index is 0.0744. The van der Waals surface area contributed by atoms with E-state index < -0.39 is 17.5 Å². The molecule has 2 saturated heterocycles. The Bertz CT molecular complexity index is 1460. The summed E-state index contributed by atoms with van der Waals surface area (Å²) in [5.74, 6) is -0.495. The number of aryl methyl sites for hydroxylation is 1. The smallest absolute Gasteiger partial charge is 0.246 e. The number of carbonyl (C=O) groups is 3. The minimum atomic E-state index is -0.706. The van der Waals surface area contributed by atoms with Gasteiger partial charge in [0.1, 0.15) is 12.1 Å². The van der Waals surface area contributed by atoms with Crippen molar-refractivity contribution in [1.29, 1.82) is 0 Å². The summed E-state index contributed by atoms with van der Waals surface area (Å²) in [5, 5.41) is 9.14. The van der Waals surface area contributed by atoms with Crippen LogP contribution < -0.4 is 25.8 Å². The molecule has 2 aromatic rings. The van der Waals surface area contributed by atoms with Gasteiger partial charge in [-0.1, -0.05) is 45.0 Å². The Morgan fingerprint density at radius 1 is 0.809 bits per heavy atom. The number of nitrogens with one attached hydrogen (secondary N) is 3. The first-order valence-corrected chi connectivity index (χ1v) is 17.9. The van der Waals surface area contributed by atoms with E-state index in [1.165, 1.54) is 53.7 Å². The summed E-state index contributed by atoms with van der Waals surface area (Å²) in [6.45, 7) is 10.5. The lowest BCUT2D eigenvalue weighted by atomic mass is 9.85. The van der Waals surface area contributed by atoms with E-state index in [4.69, 9.17) is 0 Å². The molecular weight excluding hydrogens is 588 g/mol. The zero-order valence-corrected chi connectivity index (χ0v) is 28.9. The molecule has 0 spiro atoms. The van der Waals surface area contributed by atoms with Gasteiger partial charge >= 0.3 is 0 Å². The highest BCUT2D eigenvalue weighted by Crippen LogP contribution is 2.38. The molecule has 254 valence electrons. The Hall–Kier alpha value is -3.59. The lowest BCUT2D eigenvalue weighted by molar-refractivity contribution is -0.144. The second kappa shape index (κ2) is 14.3. The van der Waals surface area contributed by atoms with Crippen LogP contribution in [-0.4, -0.2) is 81.0 Å². The Balaban J connectivity index is 1.13. The molecule has 2 aliphatic heterocycles. The fourth-order valence-electron chi connectivity index (χ4n) is 8.28. The normalized spacial score (nSPS) is 21.9. The summed E-state index contributed by atoms with van der Waals surface area (Å²) < 4.78 is 0. The minimum Gasteiger partial charge on any atom is -0.368 e. The average molecular weight is 643 g/mol. The zero-order valence-electron chi connectivity index (χ0n) is 28.9. The largest absolute Gasteiger partial charge is 0.368 e. The predicted molar refractivity (Wildman–Crippen MR) is 188 cm³/mol. The van der Waals surface area contributed by atoms with Gasteiger partial charge in [-0.3, -0.25) is 14.4 Å². The lowest BCUT2D eigenvalue weighted by Crippen LogP contribution is -2.58. The summed E-state index contributed by atoms with van der Waals surface area (Å²) in [6, 6.07) is 12.1. The predicted octanol–water partition coefficient (Wildman–Crippen LogP) is 4.13. The number of carbonyl (C=O) groups excluding carboxylic acids is 3. The van der Waals surface area contributed by atoms with E-state index >= 15 is 0 Å². The Labute approximate surface area is 280 Å². The summed E-state index contributed by atoms with van der Waals surface area (Å²) in [6.07, 6.45) is 9.32. The van der Waals surface area contributed by atoms with E-state index in [2.05, 4.69) is 62.1 Å². The van der Waals surface area contributed by atoms with Gasteiger partial charge in [-0.2, -0.15) is 0 Å². The molecular formula is C38H54N6O3. The highest BCUT2D eigenvalue weighted by Gasteiger charge is 2.42. The number of anilines is 2. The molecule has 9 nitrogen and oxygen atoms in total. The molecule has 9 heteroatoms. The maximum absolute atomic E-state index is 13.9. The van der Waals surface area contributed by atoms with Crippen LogP contribution in [0.2, 0.25) is 0 Å². The molecule has 2 aliphatic carbocycles. The number of benzene rings is 2. The molecule has 47 heavy (non-hydrogen) atoms. The monoisotopic (exact) mass is 642 g/mol. The number of piperazine rings is 1. The van der Waals surface area contributed by atoms with Crippen molar-refractivity contribution < 1.29 is 14.4 Å². The molecule has 0 radical (unpaired) electrons. The number of amides is 3. The average Bonchev–Trinajstić information content (AvgIpc) is 3.57. The Morgan fingerprint density at radius 3 is 2.17 bits per heavy atom. The van der Waals surface area contributed by atoms with Crippen LogP contribution in [0, 0.1) is 5.41 Å². The molecule has 2 heterocycles. The number of hydrogen-bond donors (Lipinski definition) is 3. The van der Waals surface area contributed by atoms with Gasteiger partial charge in [0.15, 0.2) is 0 Å². The fourth-order valence-corrected chi connectivity index (χ4v) is 8.28. The SMILES string of the molecule is CNCC(=O)NC(C(=O)N1CCCC1C(=O)NC1CCCc2c1cccc2N1CCN(c2cccc3c2CCCC3)CC1)C(C)(C)C. The number of likely N-dealkylation sites (tertiary alicyclic amines) is 1. The maximum atomic E-state index is 13.9. The van der Waals surface area contributed by atoms with E-state index in [0.29, 0.717) is 13.0 Å². The highest BCUT2D eigenvalue weighted by atomic mass is 16.2. The third-order valence-corrected chi connectivity index (χ3v) is 10.7. The molecule has 3 N–H and O–H groups in total. The molecule has 6 rings (SSSR count). The van der Waals surface area contributed by atoms with E-state index in [9.17, 15) is 14.4 Å². The third kappa shape index (κ3) is 7.15.